The number of rotatable bonds is 4. The molecule has 1 heteroatoms. The molecule has 0 saturated heterocycles. The average Bonchev–Trinajstić information content (AvgIpc) is 3.06. The van der Waals surface area contributed by atoms with E-state index in [-0.39, 0.29) is 0 Å². The summed E-state index contributed by atoms with van der Waals surface area (Å²) < 4.78 is 1.53. The quantitative estimate of drug-likeness (QED) is 0.135. The van der Waals surface area contributed by atoms with Gasteiger partial charge in [0.2, 0.25) is 0 Å². The van der Waals surface area contributed by atoms with Gasteiger partial charge in [-0.05, 0) is 0 Å². The average molecular weight is 623 g/mol. The van der Waals surface area contributed by atoms with Crippen LogP contribution in [-0.4, -0.2) is 13.3 Å². The maximum absolute atomic E-state index is 2.53. The van der Waals surface area contributed by atoms with Gasteiger partial charge in [-0.1, -0.05) is 18.2 Å². The van der Waals surface area contributed by atoms with Crippen LogP contribution in [0, 0.1) is 0 Å². The Morgan fingerprint density at radius 3 is 1.66 bits per heavy atom. The molecule has 0 N–H and O–H groups in total. The van der Waals surface area contributed by atoms with Gasteiger partial charge < -0.3 is 0 Å². The number of hydrogen-bond donors (Lipinski definition) is 0. The summed E-state index contributed by atoms with van der Waals surface area (Å²) >= 11 is -2.12. The predicted molar refractivity (Wildman–Crippen MR) is 196 cm³/mol. The normalized spacial score (nSPS) is 12.0. The minimum absolute atomic E-state index is 1.24. The molecule has 0 aliphatic heterocycles. The summed E-state index contributed by atoms with van der Waals surface area (Å²) in [5.41, 5.74) is 7.71. The van der Waals surface area contributed by atoms with Crippen molar-refractivity contribution in [2.75, 3.05) is 0 Å². The second kappa shape index (κ2) is 10.5. The van der Waals surface area contributed by atoms with Crippen molar-refractivity contribution in [3.8, 4) is 33.4 Å². The van der Waals surface area contributed by atoms with Crippen molar-refractivity contribution in [3.63, 3.8) is 0 Å². The Kier molecular flexibility index (Phi) is 6.43. The maximum atomic E-state index is 2.53. The molecule has 8 aromatic rings. The SMILES string of the molecule is [CH3][Ge]([CH3])([CH3])[c]1ccc2c(-c3cccc4ccccc34)c3ccccc3c(-c3ccc(-c4ccc5ccccc5c4)cc3)c2c1. The third-order valence-electron chi connectivity index (χ3n) is 9.21. The van der Waals surface area contributed by atoms with Crippen LogP contribution in [0.5, 0.6) is 0 Å². The molecule has 0 amide bonds. The van der Waals surface area contributed by atoms with Gasteiger partial charge in [0.25, 0.3) is 0 Å². The molecule has 0 aromatic heterocycles. The van der Waals surface area contributed by atoms with Gasteiger partial charge >= 0.3 is 245 Å². The summed E-state index contributed by atoms with van der Waals surface area (Å²) in [5, 5.41) is 10.4. The Bertz CT molecular complexity index is 2350. The first-order valence-electron chi connectivity index (χ1n) is 15.5. The standard InChI is InChI=1S/C43H34Ge/c1-44(2,3)35-25-26-40-41(28-35)42(32-22-19-30(20-23-32)34-24-21-29-11-4-5-13-33(29)27-34)38-16-8-9-17-39(38)43(40)37-18-10-14-31-12-6-7-15-36(31)37/h4-28H,1-3H3. The van der Waals surface area contributed by atoms with Gasteiger partial charge in [0.15, 0.2) is 0 Å². The van der Waals surface area contributed by atoms with E-state index in [0.29, 0.717) is 0 Å². The fourth-order valence-electron chi connectivity index (χ4n) is 6.89. The van der Waals surface area contributed by atoms with Gasteiger partial charge in [-0.2, -0.15) is 0 Å². The molecule has 0 unspecified atom stereocenters. The molecular formula is C43H34Ge. The molecule has 8 rings (SSSR count). The molecule has 0 saturated carbocycles. The van der Waals surface area contributed by atoms with Crippen molar-refractivity contribution >= 4 is 60.8 Å². The van der Waals surface area contributed by atoms with Gasteiger partial charge in [-0.15, -0.1) is 0 Å². The second-order valence-electron chi connectivity index (χ2n) is 13.0. The van der Waals surface area contributed by atoms with E-state index in [1.165, 1.54) is 80.9 Å². The van der Waals surface area contributed by atoms with Crippen molar-refractivity contribution in [3.05, 3.63) is 152 Å². The van der Waals surface area contributed by atoms with Crippen LogP contribution in [0.1, 0.15) is 0 Å². The second-order valence-corrected chi connectivity index (χ2v) is 23.6. The van der Waals surface area contributed by atoms with Crippen molar-refractivity contribution in [1.29, 1.82) is 0 Å². The van der Waals surface area contributed by atoms with E-state index in [2.05, 4.69) is 169 Å². The van der Waals surface area contributed by atoms with Crippen molar-refractivity contribution in [1.82, 2.24) is 0 Å². The summed E-state index contributed by atoms with van der Waals surface area (Å²) in [7, 11) is 0. The van der Waals surface area contributed by atoms with Crippen molar-refractivity contribution < 1.29 is 0 Å². The van der Waals surface area contributed by atoms with E-state index in [1.807, 2.05) is 0 Å². The Labute approximate surface area is 262 Å². The number of benzene rings is 8. The van der Waals surface area contributed by atoms with E-state index in [1.54, 1.807) is 0 Å². The molecule has 210 valence electrons. The zero-order valence-corrected chi connectivity index (χ0v) is 27.5. The molecule has 0 nitrogen and oxygen atoms in total. The molecule has 0 atom stereocenters. The molecule has 0 bridgehead atoms. The van der Waals surface area contributed by atoms with Crippen LogP contribution < -0.4 is 4.40 Å². The first-order valence-corrected chi connectivity index (χ1v) is 22.9. The Hall–Kier alpha value is -4.66. The van der Waals surface area contributed by atoms with Crippen LogP contribution in [0.25, 0.3) is 76.5 Å². The molecule has 0 heterocycles. The van der Waals surface area contributed by atoms with Gasteiger partial charge in [0.1, 0.15) is 0 Å². The van der Waals surface area contributed by atoms with Crippen LogP contribution >= 0.6 is 0 Å². The molecule has 44 heavy (non-hydrogen) atoms. The molecule has 0 aliphatic carbocycles. The summed E-state index contributed by atoms with van der Waals surface area (Å²) in [5.74, 6) is 7.48. The topological polar surface area (TPSA) is 0 Å². The van der Waals surface area contributed by atoms with E-state index in [0.717, 1.165) is 0 Å². The first kappa shape index (κ1) is 26.9. The Morgan fingerprint density at radius 2 is 0.909 bits per heavy atom. The summed E-state index contributed by atoms with van der Waals surface area (Å²) in [6.45, 7) is 0. The molecular weight excluding hydrogens is 589 g/mol. The number of fused-ring (bicyclic) bond motifs is 4. The fourth-order valence-corrected chi connectivity index (χ4v) is 9.32. The van der Waals surface area contributed by atoms with Gasteiger partial charge in [-0.25, -0.2) is 0 Å². The third kappa shape index (κ3) is 4.53. The third-order valence-corrected chi connectivity index (χ3v) is 13.5. The van der Waals surface area contributed by atoms with Crippen molar-refractivity contribution in [2.45, 2.75) is 17.3 Å². The summed E-state index contributed by atoms with van der Waals surface area (Å²) in [6.07, 6.45) is 0. The van der Waals surface area contributed by atoms with Crippen LogP contribution in [-0.2, 0) is 0 Å². The van der Waals surface area contributed by atoms with Gasteiger partial charge in [0, 0.05) is 0 Å². The van der Waals surface area contributed by atoms with E-state index >= 15 is 0 Å². The summed E-state index contributed by atoms with van der Waals surface area (Å²) in [4.78, 5) is 0. The molecule has 0 spiro atoms. The molecule has 0 radical (unpaired) electrons. The summed E-state index contributed by atoms with van der Waals surface area (Å²) in [6, 6.07) is 56.5. The zero-order chi connectivity index (χ0) is 29.8. The fraction of sp³-hybridized carbons (Fsp3) is 0.0698. The van der Waals surface area contributed by atoms with Crippen LogP contribution in [0.15, 0.2) is 152 Å². The van der Waals surface area contributed by atoms with Crippen LogP contribution in [0.3, 0.4) is 0 Å². The monoisotopic (exact) mass is 624 g/mol. The Balaban J connectivity index is 1.41. The zero-order valence-electron chi connectivity index (χ0n) is 25.4. The molecule has 0 aliphatic rings. The van der Waals surface area contributed by atoms with Gasteiger partial charge in [-0.3, -0.25) is 0 Å². The van der Waals surface area contributed by atoms with E-state index in [9.17, 15) is 0 Å². The number of hydrogen-bond acceptors (Lipinski definition) is 0. The molecule has 0 fully saturated rings. The van der Waals surface area contributed by atoms with Gasteiger partial charge in [0.05, 0.1) is 0 Å². The van der Waals surface area contributed by atoms with Crippen LogP contribution in [0.4, 0.5) is 0 Å². The molecule has 8 aromatic carbocycles. The van der Waals surface area contributed by atoms with E-state index < -0.39 is 13.3 Å². The van der Waals surface area contributed by atoms with E-state index in [4.69, 9.17) is 0 Å². The van der Waals surface area contributed by atoms with Crippen molar-refractivity contribution in [2.24, 2.45) is 0 Å². The predicted octanol–water partition coefficient (Wildman–Crippen LogP) is 11.8. The Morgan fingerprint density at radius 1 is 0.341 bits per heavy atom. The minimum atomic E-state index is -2.12. The first-order chi connectivity index (χ1) is 21.5. The van der Waals surface area contributed by atoms with Crippen LogP contribution in [0.2, 0.25) is 17.3 Å².